The van der Waals surface area contributed by atoms with Crippen LogP contribution in [0.5, 0.6) is 0 Å². The first-order valence-electron chi connectivity index (χ1n) is 11.5. The van der Waals surface area contributed by atoms with Crippen LogP contribution in [0, 0.1) is 13.8 Å². The number of aromatic nitrogens is 2. The minimum Gasteiger partial charge on any atom is -0.337 e. The SMILES string of the molecule is Cc1ccc2nc(C)n(Cc3ccc(C(=O)N(C)[C@@H]4CCN(C5CCC5)C4)cc3)c2c1. The largest absolute Gasteiger partial charge is 0.337 e. The third kappa shape index (κ3) is 3.87. The molecule has 1 aliphatic carbocycles. The zero-order valence-corrected chi connectivity index (χ0v) is 18.8. The Kier molecular flexibility index (Phi) is 5.30. The predicted molar refractivity (Wildman–Crippen MR) is 124 cm³/mol. The van der Waals surface area contributed by atoms with Crippen molar-refractivity contribution in [3.8, 4) is 0 Å². The monoisotopic (exact) mass is 416 g/mol. The molecule has 0 unspecified atom stereocenters. The van der Waals surface area contributed by atoms with Gasteiger partial charge in [-0.2, -0.15) is 0 Å². The molecule has 0 N–H and O–H groups in total. The highest BCUT2D eigenvalue weighted by Gasteiger charge is 2.34. The van der Waals surface area contributed by atoms with Crippen LogP contribution in [0.3, 0.4) is 0 Å². The van der Waals surface area contributed by atoms with E-state index in [1.807, 2.05) is 24.1 Å². The highest BCUT2D eigenvalue weighted by molar-refractivity contribution is 5.94. The molecule has 2 fully saturated rings. The van der Waals surface area contributed by atoms with Crippen LogP contribution in [0.15, 0.2) is 42.5 Å². The lowest BCUT2D eigenvalue weighted by atomic mass is 9.92. The summed E-state index contributed by atoms with van der Waals surface area (Å²) in [6, 6.07) is 15.6. The molecule has 1 saturated heterocycles. The van der Waals surface area contributed by atoms with Gasteiger partial charge < -0.3 is 9.47 Å². The zero-order valence-electron chi connectivity index (χ0n) is 18.8. The minimum atomic E-state index is 0.131. The Hall–Kier alpha value is -2.66. The molecule has 2 heterocycles. The van der Waals surface area contributed by atoms with Crippen molar-refractivity contribution in [1.29, 1.82) is 0 Å². The van der Waals surface area contributed by atoms with E-state index in [0.717, 1.165) is 54.5 Å². The molecule has 5 nitrogen and oxygen atoms in total. The molecule has 1 amide bonds. The summed E-state index contributed by atoms with van der Waals surface area (Å²) >= 11 is 0. The first-order chi connectivity index (χ1) is 15.0. The first kappa shape index (κ1) is 20.3. The molecule has 162 valence electrons. The molecule has 1 aliphatic heterocycles. The van der Waals surface area contributed by atoms with Crippen molar-refractivity contribution >= 4 is 16.9 Å². The fourth-order valence-corrected chi connectivity index (χ4v) is 5.03. The quantitative estimate of drug-likeness (QED) is 0.619. The summed E-state index contributed by atoms with van der Waals surface area (Å²) in [5.41, 5.74) is 5.38. The predicted octanol–water partition coefficient (Wildman–Crippen LogP) is 4.40. The van der Waals surface area contributed by atoms with Crippen molar-refractivity contribution < 1.29 is 4.79 Å². The van der Waals surface area contributed by atoms with Crippen molar-refractivity contribution in [2.45, 2.75) is 58.2 Å². The Bertz CT molecular complexity index is 1100. The summed E-state index contributed by atoms with van der Waals surface area (Å²) in [6.07, 6.45) is 5.11. The van der Waals surface area contributed by atoms with Gasteiger partial charge in [0.2, 0.25) is 0 Å². The maximum atomic E-state index is 13.1. The molecular weight excluding hydrogens is 384 g/mol. The molecule has 1 aromatic heterocycles. The third-order valence-electron chi connectivity index (χ3n) is 7.29. The van der Waals surface area contributed by atoms with Gasteiger partial charge in [0.1, 0.15) is 5.82 Å². The Morgan fingerprint density at radius 3 is 2.58 bits per heavy atom. The van der Waals surface area contributed by atoms with Gasteiger partial charge in [0.15, 0.2) is 0 Å². The number of fused-ring (bicyclic) bond motifs is 1. The summed E-state index contributed by atoms with van der Waals surface area (Å²) in [5, 5.41) is 0. The van der Waals surface area contributed by atoms with E-state index in [1.54, 1.807) is 0 Å². The Morgan fingerprint density at radius 2 is 1.87 bits per heavy atom. The Balaban J connectivity index is 1.27. The third-order valence-corrected chi connectivity index (χ3v) is 7.29. The fraction of sp³-hybridized carbons (Fsp3) is 0.462. The standard InChI is InChI=1S/C26H32N4O/c1-18-7-12-24-25(15-18)30(19(2)27-24)16-20-8-10-21(11-9-20)26(31)28(3)23-13-14-29(17-23)22-5-4-6-22/h7-12,15,22-23H,4-6,13-14,16-17H2,1-3H3/t23-/m1/s1. The maximum absolute atomic E-state index is 13.1. The molecule has 1 saturated carbocycles. The summed E-state index contributed by atoms with van der Waals surface area (Å²) in [4.78, 5) is 22.3. The molecular formula is C26H32N4O. The number of carbonyl (C=O) groups is 1. The Morgan fingerprint density at radius 1 is 1.10 bits per heavy atom. The number of likely N-dealkylation sites (tertiary alicyclic amines) is 1. The normalized spacial score (nSPS) is 19.6. The van der Waals surface area contributed by atoms with Crippen LogP contribution in [0.2, 0.25) is 0 Å². The number of amides is 1. The number of imidazole rings is 1. The van der Waals surface area contributed by atoms with Crippen LogP contribution in [0.25, 0.3) is 11.0 Å². The van der Waals surface area contributed by atoms with Crippen molar-refractivity contribution in [2.75, 3.05) is 20.1 Å². The number of nitrogens with zero attached hydrogens (tertiary/aromatic N) is 4. The Labute approximate surface area is 184 Å². The van der Waals surface area contributed by atoms with E-state index >= 15 is 0 Å². The van der Waals surface area contributed by atoms with Gasteiger partial charge >= 0.3 is 0 Å². The number of likely N-dealkylation sites (N-methyl/N-ethyl adjacent to an activating group) is 1. The number of rotatable bonds is 5. The second-order valence-electron chi connectivity index (χ2n) is 9.37. The van der Waals surface area contributed by atoms with Crippen LogP contribution >= 0.6 is 0 Å². The number of benzene rings is 2. The zero-order chi connectivity index (χ0) is 21.5. The van der Waals surface area contributed by atoms with Crippen LogP contribution in [0.1, 0.15) is 53.0 Å². The molecule has 5 rings (SSSR count). The lowest BCUT2D eigenvalue weighted by Crippen LogP contribution is -2.43. The minimum absolute atomic E-state index is 0.131. The lowest BCUT2D eigenvalue weighted by Gasteiger charge is -2.35. The summed E-state index contributed by atoms with van der Waals surface area (Å²) in [7, 11) is 1.97. The van der Waals surface area contributed by atoms with E-state index in [2.05, 4.69) is 53.6 Å². The smallest absolute Gasteiger partial charge is 0.253 e. The van der Waals surface area contributed by atoms with Crippen LogP contribution in [-0.4, -0.2) is 57.5 Å². The topological polar surface area (TPSA) is 41.4 Å². The van der Waals surface area contributed by atoms with Crippen molar-refractivity contribution in [1.82, 2.24) is 19.4 Å². The number of hydrogen-bond acceptors (Lipinski definition) is 3. The summed E-state index contributed by atoms with van der Waals surface area (Å²) in [5.74, 6) is 1.14. The second-order valence-corrected chi connectivity index (χ2v) is 9.37. The lowest BCUT2D eigenvalue weighted by molar-refractivity contribution is 0.0720. The second kappa shape index (κ2) is 8.12. The molecule has 2 aromatic carbocycles. The molecule has 3 aromatic rings. The first-order valence-corrected chi connectivity index (χ1v) is 11.5. The highest BCUT2D eigenvalue weighted by atomic mass is 16.2. The average molecular weight is 417 g/mol. The molecule has 5 heteroatoms. The van der Waals surface area contributed by atoms with Gasteiger partial charge in [0.25, 0.3) is 5.91 Å². The number of hydrogen-bond donors (Lipinski definition) is 0. The highest BCUT2D eigenvalue weighted by Crippen LogP contribution is 2.29. The van der Waals surface area contributed by atoms with E-state index < -0.39 is 0 Å². The van der Waals surface area contributed by atoms with E-state index in [-0.39, 0.29) is 5.91 Å². The summed E-state index contributed by atoms with van der Waals surface area (Å²) in [6.45, 7) is 7.07. The molecule has 31 heavy (non-hydrogen) atoms. The van der Waals surface area contributed by atoms with Crippen molar-refractivity contribution in [3.05, 3.63) is 65.0 Å². The van der Waals surface area contributed by atoms with Crippen LogP contribution < -0.4 is 0 Å². The van der Waals surface area contributed by atoms with Gasteiger partial charge in [-0.15, -0.1) is 0 Å². The number of aryl methyl sites for hydroxylation is 2. The van der Waals surface area contributed by atoms with E-state index in [1.165, 1.54) is 30.4 Å². The maximum Gasteiger partial charge on any atom is 0.253 e. The molecule has 1 atom stereocenters. The van der Waals surface area contributed by atoms with Gasteiger partial charge in [-0.25, -0.2) is 4.98 Å². The van der Waals surface area contributed by atoms with Crippen LogP contribution in [-0.2, 0) is 6.54 Å². The van der Waals surface area contributed by atoms with E-state index in [0.29, 0.717) is 6.04 Å². The van der Waals surface area contributed by atoms with Gasteiger partial charge in [-0.1, -0.05) is 24.6 Å². The fourth-order valence-electron chi connectivity index (χ4n) is 5.03. The van der Waals surface area contributed by atoms with Crippen molar-refractivity contribution in [2.24, 2.45) is 0 Å². The van der Waals surface area contributed by atoms with E-state index in [9.17, 15) is 4.79 Å². The van der Waals surface area contributed by atoms with Gasteiger partial charge in [-0.05, 0) is 68.5 Å². The molecule has 0 spiro atoms. The summed E-state index contributed by atoms with van der Waals surface area (Å²) < 4.78 is 2.25. The molecule has 2 aliphatic rings. The molecule has 0 bridgehead atoms. The van der Waals surface area contributed by atoms with Crippen LogP contribution in [0.4, 0.5) is 0 Å². The van der Waals surface area contributed by atoms with Gasteiger partial charge in [0, 0.05) is 44.3 Å². The average Bonchev–Trinajstić information content (AvgIpc) is 3.31. The van der Waals surface area contributed by atoms with E-state index in [4.69, 9.17) is 4.98 Å². The van der Waals surface area contributed by atoms with Crippen molar-refractivity contribution in [3.63, 3.8) is 0 Å². The van der Waals surface area contributed by atoms with Gasteiger partial charge in [0.05, 0.1) is 11.0 Å². The number of carbonyl (C=O) groups excluding carboxylic acids is 1. The van der Waals surface area contributed by atoms with Gasteiger partial charge in [-0.3, -0.25) is 9.69 Å². The molecule has 0 radical (unpaired) electrons.